The van der Waals surface area contributed by atoms with Crippen LogP contribution in [0.1, 0.15) is 33.6 Å². The third-order valence-corrected chi connectivity index (χ3v) is 2.36. The summed E-state index contributed by atoms with van der Waals surface area (Å²) in [5.74, 6) is 0. The molecule has 0 unspecified atom stereocenters. The SMILES string of the molecule is CC(C)(C)OC(=O)N1CC[C@H](O)C[C@@H](O)C1. The van der Waals surface area contributed by atoms with Crippen LogP contribution in [0.4, 0.5) is 4.79 Å². The summed E-state index contributed by atoms with van der Waals surface area (Å²) >= 11 is 0. The van der Waals surface area contributed by atoms with Gasteiger partial charge in [0.05, 0.1) is 18.8 Å². The molecule has 1 rings (SSSR count). The smallest absolute Gasteiger partial charge is 0.410 e. The van der Waals surface area contributed by atoms with Gasteiger partial charge >= 0.3 is 6.09 Å². The van der Waals surface area contributed by atoms with Crippen LogP contribution in [0.2, 0.25) is 0 Å². The third-order valence-electron chi connectivity index (χ3n) is 2.36. The molecule has 94 valence electrons. The summed E-state index contributed by atoms with van der Waals surface area (Å²) in [6, 6.07) is 0. The first-order chi connectivity index (χ1) is 7.28. The topological polar surface area (TPSA) is 70.0 Å². The van der Waals surface area contributed by atoms with Crippen LogP contribution in [0, 0.1) is 0 Å². The van der Waals surface area contributed by atoms with E-state index in [0.29, 0.717) is 19.4 Å². The molecule has 0 aromatic carbocycles. The molecule has 0 aliphatic carbocycles. The van der Waals surface area contributed by atoms with Crippen LogP contribution >= 0.6 is 0 Å². The monoisotopic (exact) mass is 231 g/mol. The summed E-state index contributed by atoms with van der Waals surface area (Å²) in [4.78, 5) is 13.2. The number of aliphatic hydroxyl groups excluding tert-OH is 2. The molecule has 16 heavy (non-hydrogen) atoms. The lowest BCUT2D eigenvalue weighted by Crippen LogP contribution is -2.40. The molecule has 5 heteroatoms. The van der Waals surface area contributed by atoms with Crippen LogP contribution in [0.15, 0.2) is 0 Å². The average molecular weight is 231 g/mol. The first-order valence-electron chi connectivity index (χ1n) is 5.62. The summed E-state index contributed by atoms with van der Waals surface area (Å²) in [6.45, 7) is 6.05. The van der Waals surface area contributed by atoms with Gasteiger partial charge in [0.2, 0.25) is 0 Å². The Morgan fingerprint density at radius 2 is 1.94 bits per heavy atom. The van der Waals surface area contributed by atoms with Crippen LogP contribution in [0.3, 0.4) is 0 Å². The number of β-amino-alcohol motifs (C(OH)–C–C–N with tert-alkyl or cyclic N) is 1. The van der Waals surface area contributed by atoms with Gasteiger partial charge in [-0.1, -0.05) is 0 Å². The number of hydrogen-bond acceptors (Lipinski definition) is 4. The predicted molar refractivity (Wildman–Crippen MR) is 59.1 cm³/mol. The summed E-state index contributed by atoms with van der Waals surface area (Å²) in [5, 5.41) is 19.0. The highest BCUT2D eigenvalue weighted by atomic mass is 16.6. The summed E-state index contributed by atoms with van der Waals surface area (Å²) in [5.41, 5.74) is -0.535. The van der Waals surface area contributed by atoms with Gasteiger partial charge in [0.15, 0.2) is 0 Å². The van der Waals surface area contributed by atoms with Crippen LogP contribution in [0.5, 0.6) is 0 Å². The molecular weight excluding hydrogens is 210 g/mol. The molecule has 0 aromatic rings. The number of carbonyl (C=O) groups is 1. The number of aliphatic hydroxyl groups is 2. The molecule has 1 aliphatic heterocycles. The minimum absolute atomic E-state index is 0.228. The molecule has 2 N–H and O–H groups in total. The molecule has 5 nitrogen and oxygen atoms in total. The molecule has 1 heterocycles. The Morgan fingerprint density at radius 3 is 2.50 bits per heavy atom. The second-order valence-electron chi connectivity index (χ2n) is 5.26. The maximum atomic E-state index is 11.7. The molecule has 2 atom stereocenters. The standard InChI is InChI=1S/C11H21NO4/c1-11(2,3)16-10(15)12-5-4-8(13)6-9(14)7-12/h8-9,13-14H,4-7H2,1-3H3/t8-,9+/m0/s1. The van der Waals surface area contributed by atoms with E-state index in [2.05, 4.69) is 0 Å². The van der Waals surface area contributed by atoms with E-state index in [1.54, 1.807) is 20.8 Å². The molecule has 1 saturated heterocycles. The molecule has 0 radical (unpaired) electrons. The zero-order chi connectivity index (χ0) is 12.3. The van der Waals surface area contributed by atoms with Crippen molar-refractivity contribution in [3.8, 4) is 0 Å². The number of carbonyl (C=O) groups excluding carboxylic acids is 1. The Bertz CT molecular complexity index is 249. The van der Waals surface area contributed by atoms with E-state index in [4.69, 9.17) is 4.74 Å². The van der Waals surface area contributed by atoms with E-state index >= 15 is 0 Å². The highest BCUT2D eigenvalue weighted by molar-refractivity contribution is 5.68. The Hall–Kier alpha value is -0.810. The number of ether oxygens (including phenoxy) is 1. The zero-order valence-corrected chi connectivity index (χ0v) is 10.1. The number of amides is 1. The van der Waals surface area contributed by atoms with Gasteiger partial charge in [0.1, 0.15) is 5.60 Å². The van der Waals surface area contributed by atoms with Gasteiger partial charge in [-0.05, 0) is 27.2 Å². The van der Waals surface area contributed by atoms with Gasteiger partial charge in [-0.3, -0.25) is 0 Å². The minimum Gasteiger partial charge on any atom is -0.444 e. The van der Waals surface area contributed by atoms with Crippen molar-refractivity contribution in [1.29, 1.82) is 0 Å². The Morgan fingerprint density at radius 1 is 1.31 bits per heavy atom. The van der Waals surface area contributed by atoms with Crippen molar-refractivity contribution < 1.29 is 19.7 Å². The Kier molecular flexibility index (Phi) is 4.15. The van der Waals surface area contributed by atoms with Gasteiger partial charge in [0.25, 0.3) is 0 Å². The van der Waals surface area contributed by atoms with E-state index in [1.807, 2.05) is 0 Å². The second kappa shape index (κ2) is 5.01. The minimum atomic E-state index is -0.676. The van der Waals surface area contributed by atoms with Crippen molar-refractivity contribution >= 4 is 6.09 Å². The fourth-order valence-electron chi connectivity index (χ4n) is 1.65. The number of hydrogen-bond donors (Lipinski definition) is 2. The van der Waals surface area contributed by atoms with Crippen molar-refractivity contribution in [2.45, 2.75) is 51.4 Å². The van der Waals surface area contributed by atoms with Crippen molar-refractivity contribution in [2.75, 3.05) is 13.1 Å². The molecule has 1 fully saturated rings. The number of likely N-dealkylation sites (tertiary alicyclic amines) is 1. The molecular formula is C11H21NO4. The van der Waals surface area contributed by atoms with Crippen molar-refractivity contribution in [3.05, 3.63) is 0 Å². The quantitative estimate of drug-likeness (QED) is 0.645. The average Bonchev–Trinajstić information content (AvgIpc) is 2.23. The van der Waals surface area contributed by atoms with E-state index in [0.717, 1.165) is 0 Å². The Balaban J connectivity index is 2.55. The van der Waals surface area contributed by atoms with E-state index < -0.39 is 23.9 Å². The molecule has 1 aliphatic rings. The first kappa shape index (κ1) is 13.3. The Labute approximate surface area is 96.0 Å². The van der Waals surface area contributed by atoms with Gasteiger partial charge in [-0.25, -0.2) is 4.79 Å². The molecule has 0 spiro atoms. The largest absolute Gasteiger partial charge is 0.444 e. The summed E-state index contributed by atoms with van der Waals surface area (Å²) in [6.07, 6.45) is -0.844. The van der Waals surface area contributed by atoms with E-state index in [1.165, 1.54) is 4.90 Å². The molecule has 0 aromatic heterocycles. The number of rotatable bonds is 0. The van der Waals surface area contributed by atoms with Gasteiger partial charge in [0, 0.05) is 13.0 Å². The van der Waals surface area contributed by atoms with E-state index in [9.17, 15) is 15.0 Å². The normalized spacial score (nSPS) is 27.4. The molecule has 0 bridgehead atoms. The fourth-order valence-corrected chi connectivity index (χ4v) is 1.65. The van der Waals surface area contributed by atoms with Crippen LogP contribution in [0.25, 0.3) is 0 Å². The second-order valence-corrected chi connectivity index (χ2v) is 5.26. The summed E-state index contributed by atoms with van der Waals surface area (Å²) < 4.78 is 5.21. The van der Waals surface area contributed by atoms with E-state index in [-0.39, 0.29) is 6.54 Å². The lowest BCUT2D eigenvalue weighted by molar-refractivity contribution is 0.0171. The van der Waals surface area contributed by atoms with Gasteiger partial charge in [-0.2, -0.15) is 0 Å². The van der Waals surface area contributed by atoms with Crippen molar-refractivity contribution in [1.82, 2.24) is 4.90 Å². The maximum Gasteiger partial charge on any atom is 0.410 e. The molecule has 1 amide bonds. The van der Waals surface area contributed by atoms with Gasteiger partial charge < -0.3 is 19.8 Å². The highest BCUT2D eigenvalue weighted by Crippen LogP contribution is 2.15. The van der Waals surface area contributed by atoms with Crippen molar-refractivity contribution in [3.63, 3.8) is 0 Å². The lowest BCUT2D eigenvalue weighted by atomic mass is 10.1. The zero-order valence-electron chi connectivity index (χ0n) is 10.1. The molecule has 0 saturated carbocycles. The highest BCUT2D eigenvalue weighted by Gasteiger charge is 2.27. The van der Waals surface area contributed by atoms with Crippen LogP contribution < -0.4 is 0 Å². The van der Waals surface area contributed by atoms with Crippen LogP contribution in [-0.4, -0.2) is 52.1 Å². The van der Waals surface area contributed by atoms with Crippen molar-refractivity contribution in [2.24, 2.45) is 0 Å². The lowest BCUT2D eigenvalue weighted by Gasteiger charge is -2.27. The van der Waals surface area contributed by atoms with Crippen LogP contribution in [-0.2, 0) is 4.74 Å². The summed E-state index contributed by atoms with van der Waals surface area (Å²) in [7, 11) is 0. The predicted octanol–water partition coefficient (Wildman–Crippen LogP) is 0.739. The fraction of sp³-hybridized carbons (Fsp3) is 0.909. The third kappa shape index (κ3) is 4.37. The van der Waals surface area contributed by atoms with Gasteiger partial charge in [-0.15, -0.1) is 0 Å². The maximum absolute atomic E-state index is 11.7. The first-order valence-corrected chi connectivity index (χ1v) is 5.62. The number of nitrogens with zero attached hydrogens (tertiary/aromatic N) is 1.